The molecule has 0 spiro atoms. The van der Waals surface area contributed by atoms with Crippen LogP contribution in [0, 0.1) is 5.41 Å². The van der Waals surface area contributed by atoms with Crippen LogP contribution >= 0.6 is 0 Å². The Morgan fingerprint density at radius 1 is 1.21 bits per heavy atom. The van der Waals surface area contributed by atoms with Crippen LogP contribution in [-0.2, 0) is 14.6 Å². The van der Waals surface area contributed by atoms with Crippen molar-refractivity contribution in [3.63, 3.8) is 0 Å². The molecule has 2 atom stereocenters. The molecule has 1 aromatic rings. The first kappa shape index (κ1) is 14.5. The van der Waals surface area contributed by atoms with Crippen molar-refractivity contribution in [3.8, 4) is 0 Å². The van der Waals surface area contributed by atoms with Gasteiger partial charge in [0.15, 0.2) is 9.84 Å². The maximum absolute atomic E-state index is 12.2. The molecule has 1 fully saturated rings. The largest absolute Gasteiger partial charge is 0.366 e. The molecule has 0 N–H and O–H groups in total. The fourth-order valence-electron chi connectivity index (χ4n) is 2.60. The monoisotopic (exact) mass is 282 g/mol. The molecular weight excluding hydrogens is 260 g/mol. The summed E-state index contributed by atoms with van der Waals surface area (Å²) >= 11 is 0. The Bertz CT molecular complexity index is 543. The number of hydrogen-bond donors (Lipinski definition) is 0. The third-order valence-corrected chi connectivity index (χ3v) is 5.37. The standard InChI is InChI=1S/C15H22O3S/c1-14(2,3)13-15(4,18-13)10-11-19(16,17)12-8-6-5-7-9-12/h5-9,13H,10-11H2,1-4H3/t13-,15-/m1/s1. The second-order valence-electron chi connectivity index (χ2n) is 6.56. The number of benzene rings is 1. The SMILES string of the molecule is CC(C)(C)[C@H]1O[C@]1(C)CCS(=O)(=O)c1ccccc1. The molecule has 106 valence electrons. The Morgan fingerprint density at radius 3 is 2.26 bits per heavy atom. The first-order chi connectivity index (χ1) is 8.65. The van der Waals surface area contributed by atoms with Crippen LogP contribution in [0.2, 0.25) is 0 Å². The summed E-state index contributed by atoms with van der Waals surface area (Å²) < 4.78 is 30.2. The van der Waals surface area contributed by atoms with E-state index in [1.165, 1.54) is 0 Å². The van der Waals surface area contributed by atoms with Crippen LogP contribution in [0.5, 0.6) is 0 Å². The summed E-state index contributed by atoms with van der Waals surface area (Å²) in [6, 6.07) is 8.61. The third kappa shape index (κ3) is 3.18. The third-order valence-electron chi connectivity index (χ3n) is 3.64. The second-order valence-corrected chi connectivity index (χ2v) is 8.67. The average Bonchev–Trinajstić information content (AvgIpc) is 3.02. The van der Waals surface area contributed by atoms with Crippen molar-refractivity contribution in [2.75, 3.05) is 5.75 Å². The predicted octanol–water partition coefficient (Wildman–Crippen LogP) is 3.05. The van der Waals surface area contributed by atoms with Crippen LogP contribution in [0.3, 0.4) is 0 Å². The first-order valence-electron chi connectivity index (χ1n) is 6.61. The predicted molar refractivity (Wildman–Crippen MR) is 75.8 cm³/mol. The molecule has 0 bridgehead atoms. The molecule has 0 amide bonds. The van der Waals surface area contributed by atoms with Gasteiger partial charge in [0, 0.05) is 0 Å². The van der Waals surface area contributed by atoms with Crippen molar-refractivity contribution < 1.29 is 13.2 Å². The molecule has 0 aliphatic carbocycles. The van der Waals surface area contributed by atoms with E-state index in [1.54, 1.807) is 24.3 Å². The Balaban J connectivity index is 2.01. The van der Waals surface area contributed by atoms with Crippen LogP contribution in [-0.4, -0.2) is 25.9 Å². The van der Waals surface area contributed by atoms with Gasteiger partial charge in [0.2, 0.25) is 0 Å². The van der Waals surface area contributed by atoms with E-state index in [9.17, 15) is 8.42 Å². The molecule has 1 aromatic carbocycles. The molecule has 0 aromatic heterocycles. The van der Waals surface area contributed by atoms with E-state index >= 15 is 0 Å². The second kappa shape index (κ2) is 4.60. The van der Waals surface area contributed by atoms with Crippen LogP contribution in [0.1, 0.15) is 34.1 Å². The molecule has 0 unspecified atom stereocenters. The lowest BCUT2D eigenvalue weighted by Gasteiger charge is -2.17. The van der Waals surface area contributed by atoms with Gasteiger partial charge < -0.3 is 4.74 Å². The van der Waals surface area contributed by atoms with E-state index in [4.69, 9.17) is 4.74 Å². The molecule has 0 radical (unpaired) electrons. The molecular formula is C15H22O3S. The molecule has 2 rings (SSSR count). The zero-order valence-electron chi connectivity index (χ0n) is 12.0. The summed E-state index contributed by atoms with van der Waals surface area (Å²) in [5.41, 5.74) is -0.231. The van der Waals surface area contributed by atoms with E-state index in [2.05, 4.69) is 20.8 Å². The van der Waals surface area contributed by atoms with E-state index in [0.29, 0.717) is 11.3 Å². The summed E-state index contributed by atoms with van der Waals surface area (Å²) in [6.45, 7) is 8.36. The molecule has 1 aliphatic rings. The van der Waals surface area contributed by atoms with E-state index < -0.39 is 9.84 Å². The lowest BCUT2D eigenvalue weighted by molar-refractivity contribution is 0.247. The van der Waals surface area contributed by atoms with Crippen molar-refractivity contribution in [3.05, 3.63) is 30.3 Å². The first-order valence-corrected chi connectivity index (χ1v) is 8.26. The maximum atomic E-state index is 12.2. The van der Waals surface area contributed by atoms with Gasteiger partial charge in [-0.05, 0) is 30.9 Å². The Labute approximate surface area is 115 Å². The minimum atomic E-state index is -3.20. The number of hydrogen-bond acceptors (Lipinski definition) is 3. The van der Waals surface area contributed by atoms with Gasteiger partial charge in [-0.2, -0.15) is 0 Å². The Hall–Kier alpha value is -0.870. The average molecular weight is 282 g/mol. The summed E-state index contributed by atoms with van der Waals surface area (Å²) in [7, 11) is -3.20. The van der Waals surface area contributed by atoms with E-state index in [-0.39, 0.29) is 22.9 Å². The van der Waals surface area contributed by atoms with Gasteiger partial charge in [-0.25, -0.2) is 8.42 Å². The van der Waals surface area contributed by atoms with Crippen LogP contribution in [0.4, 0.5) is 0 Å². The van der Waals surface area contributed by atoms with Crippen molar-refractivity contribution in [2.24, 2.45) is 5.41 Å². The van der Waals surface area contributed by atoms with Gasteiger partial charge in [-0.1, -0.05) is 39.0 Å². The number of rotatable bonds is 4. The summed E-state index contributed by atoms with van der Waals surface area (Å²) in [5.74, 6) is 0.139. The fraction of sp³-hybridized carbons (Fsp3) is 0.600. The van der Waals surface area contributed by atoms with Gasteiger partial charge in [0.1, 0.15) is 0 Å². The Kier molecular flexibility index (Phi) is 3.52. The molecule has 0 saturated carbocycles. The van der Waals surface area contributed by atoms with Gasteiger partial charge in [0.25, 0.3) is 0 Å². The quantitative estimate of drug-likeness (QED) is 0.797. The smallest absolute Gasteiger partial charge is 0.178 e. The van der Waals surface area contributed by atoms with Crippen molar-refractivity contribution >= 4 is 9.84 Å². The molecule has 3 nitrogen and oxygen atoms in total. The fourth-order valence-corrected chi connectivity index (χ4v) is 4.08. The van der Waals surface area contributed by atoms with Crippen LogP contribution in [0.15, 0.2) is 35.2 Å². The zero-order valence-corrected chi connectivity index (χ0v) is 12.8. The van der Waals surface area contributed by atoms with Crippen LogP contribution in [0.25, 0.3) is 0 Å². The zero-order chi connectivity index (χ0) is 14.3. The summed E-state index contributed by atoms with van der Waals surface area (Å²) in [4.78, 5) is 0.395. The normalized spacial score (nSPS) is 27.3. The maximum Gasteiger partial charge on any atom is 0.178 e. The van der Waals surface area contributed by atoms with E-state index in [0.717, 1.165) is 0 Å². The van der Waals surface area contributed by atoms with Crippen LogP contribution < -0.4 is 0 Å². The highest BCUT2D eigenvalue weighted by Gasteiger charge is 2.57. The van der Waals surface area contributed by atoms with Gasteiger partial charge in [-0.3, -0.25) is 0 Å². The lowest BCUT2D eigenvalue weighted by atomic mass is 9.84. The number of sulfone groups is 1. The number of ether oxygens (including phenoxy) is 1. The molecule has 19 heavy (non-hydrogen) atoms. The van der Waals surface area contributed by atoms with Crippen molar-refractivity contribution in [2.45, 2.75) is 50.7 Å². The summed E-state index contributed by atoms with van der Waals surface area (Å²) in [5, 5.41) is 0. The minimum Gasteiger partial charge on any atom is -0.366 e. The highest BCUT2D eigenvalue weighted by atomic mass is 32.2. The van der Waals surface area contributed by atoms with Gasteiger partial charge in [0.05, 0.1) is 22.4 Å². The highest BCUT2D eigenvalue weighted by Crippen LogP contribution is 2.49. The highest BCUT2D eigenvalue weighted by molar-refractivity contribution is 7.91. The minimum absolute atomic E-state index is 0.0608. The molecule has 1 heterocycles. The van der Waals surface area contributed by atoms with E-state index in [1.807, 2.05) is 13.0 Å². The number of epoxide rings is 1. The molecule has 1 saturated heterocycles. The topological polar surface area (TPSA) is 46.7 Å². The lowest BCUT2D eigenvalue weighted by Crippen LogP contribution is -2.24. The Morgan fingerprint density at radius 2 is 1.79 bits per heavy atom. The van der Waals surface area contributed by atoms with Crippen molar-refractivity contribution in [1.82, 2.24) is 0 Å². The van der Waals surface area contributed by atoms with Gasteiger partial charge in [-0.15, -0.1) is 0 Å². The molecule has 1 aliphatic heterocycles. The van der Waals surface area contributed by atoms with Crippen molar-refractivity contribution in [1.29, 1.82) is 0 Å². The summed E-state index contributed by atoms with van der Waals surface area (Å²) in [6.07, 6.45) is 0.692. The molecule has 4 heteroatoms. The van der Waals surface area contributed by atoms with Gasteiger partial charge >= 0.3 is 0 Å².